The van der Waals surface area contributed by atoms with Crippen LogP contribution >= 0.6 is 0 Å². The van der Waals surface area contributed by atoms with Gasteiger partial charge in [-0.2, -0.15) is 5.10 Å². The van der Waals surface area contributed by atoms with Crippen LogP contribution in [0.5, 0.6) is 0 Å². The first-order chi connectivity index (χ1) is 9.63. The number of carbonyl (C=O) groups excluding carboxylic acids is 1. The van der Waals surface area contributed by atoms with Crippen molar-refractivity contribution in [1.29, 1.82) is 0 Å². The fourth-order valence-electron chi connectivity index (χ4n) is 2.35. The second-order valence-electron chi connectivity index (χ2n) is 5.02. The van der Waals surface area contributed by atoms with Gasteiger partial charge in [-0.05, 0) is 20.3 Å². The summed E-state index contributed by atoms with van der Waals surface area (Å²) < 4.78 is 12.6. The summed E-state index contributed by atoms with van der Waals surface area (Å²) in [5.74, 6) is -0.119. The molecule has 1 aliphatic heterocycles. The Labute approximate surface area is 119 Å². The Morgan fingerprint density at radius 1 is 1.45 bits per heavy atom. The number of aromatic nitrogens is 2. The van der Waals surface area contributed by atoms with Crippen LogP contribution in [0.1, 0.15) is 30.3 Å². The van der Waals surface area contributed by atoms with Crippen LogP contribution in [0.4, 0.5) is 0 Å². The molecule has 112 valence electrons. The third-order valence-electron chi connectivity index (χ3n) is 3.51. The molecule has 1 aromatic rings. The maximum atomic E-state index is 12.0. The van der Waals surface area contributed by atoms with Crippen molar-refractivity contribution in [3.8, 4) is 0 Å². The van der Waals surface area contributed by atoms with Gasteiger partial charge in [0, 0.05) is 24.3 Å². The summed E-state index contributed by atoms with van der Waals surface area (Å²) in [7, 11) is 0. The van der Waals surface area contributed by atoms with E-state index in [9.17, 15) is 4.79 Å². The predicted molar refractivity (Wildman–Crippen MR) is 74.4 cm³/mol. The Balaban J connectivity index is 1.94. The van der Waals surface area contributed by atoms with E-state index in [-0.39, 0.29) is 5.91 Å². The number of nitrogens with zero attached hydrogens (tertiary/aromatic N) is 2. The van der Waals surface area contributed by atoms with Gasteiger partial charge in [0.25, 0.3) is 5.91 Å². The number of carbonyl (C=O) groups is 1. The molecule has 1 N–H and O–H groups in total. The van der Waals surface area contributed by atoms with E-state index in [0.29, 0.717) is 26.4 Å². The van der Waals surface area contributed by atoms with Gasteiger partial charge in [-0.1, -0.05) is 6.92 Å². The van der Waals surface area contributed by atoms with Crippen molar-refractivity contribution < 1.29 is 14.3 Å². The van der Waals surface area contributed by atoms with E-state index in [1.807, 2.05) is 18.5 Å². The number of nitrogens with one attached hydrogen (secondary N) is 1. The van der Waals surface area contributed by atoms with Gasteiger partial charge in [0.2, 0.25) is 0 Å². The second kappa shape index (κ2) is 6.85. The Hall–Kier alpha value is -1.40. The molecular weight excluding hydrogens is 258 g/mol. The highest BCUT2D eigenvalue weighted by atomic mass is 16.6. The lowest BCUT2D eigenvalue weighted by atomic mass is 10.2. The lowest BCUT2D eigenvalue weighted by molar-refractivity contribution is -0.147. The normalized spacial score (nSPS) is 19.1. The average molecular weight is 281 g/mol. The smallest absolute Gasteiger partial charge is 0.251 e. The van der Waals surface area contributed by atoms with Gasteiger partial charge in [0.15, 0.2) is 6.10 Å². The monoisotopic (exact) mass is 281 g/mol. The van der Waals surface area contributed by atoms with Crippen LogP contribution in [0.25, 0.3) is 0 Å². The first-order valence-corrected chi connectivity index (χ1v) is 7.13. The van der Waals surface area contributed by atoms with Crippen LogP contribution in [0.15, 0.2) is 0 Å². The maximum absolute atomic E-state index is 12.0. The van der Waals surface area contributed by atoms with Crippen molar-refractivity contribution in [2.45, 2.75) is 46.4 Å². The zero-order valence-electron chi connectivity index (χ0n) is 12.4. The lowest BCUT2D eigenvalue weighted by Gasteiger charge is -2.22. The zero-order chi connectivity index (χ0) is 14.5. The molecule has 0 bridgehead atoms. The molecule has 20 heavy (non-hydrogen) atoms. The van der Waals surface area contributed by atoms with Crippen molar-refractivity contribution in [3.05, 3.63) is 17.0 Å². The number of rotatable bonds is 5. The first kappa shape index (κ1) is 15.0. The minimum atomic E-state index is -0.491. The molecule has 1 saturated heterocycles. The topological polar surface area (TPSA) is 65.4 Å². The maximum Gasteiger partial charge on any atom is 0.251 e. The van der Waals surface area contributed by atoms with Gasteiger partial charge >= 0.3 is 0 Å². The number of ether oxygens (including phenoxy) is 2. The van der Waals surface area contributed by atoms with E-state index in [1.54, 1.807) is 0 Å². The molecule has 0 spiro atoms. The number of aryl methyl sites for hydroxylation is 2. The molecule has 0 radical (unpaired) electrons. The van der Waals surface area contributed by atoms with Crippen LogP contribution in [0.3, 0.4) is 0 Å². The summed E-state index contributed by atoms with van der Waals surface area (Å²) in [6.07, 6.45) is 0.552. The molecule has 0 aliphatic carbocycles. The average Bonchev–Trinajstić information content (AvgIpc) is 2.72. The van der Waals surface area contributed by atoms with Crippen LogP contribution in [-0.4, -0.2) is 41.6 Å². The quantitative estimate of drug-likeness (QED) is 0.872. The Kier molecular flexibility index (Phi) is 5.14. The van der Waals surface area contributed by atoms with E-state index in [4.69, 9.17) is 9.47 Å². The van der Waals surface area contributed by atoms with E-state index in [0.717, 1.165) is 29.9 Å². The minimum absolute atomic E-state index is 0.119. The molecule has 0 saturated carbocycles. The number of amides is 1. The molecule has 0 aromatic carbocycles. The molecule has 2 heterocycles. The Morgan fingerprint density at radius 3 is 2.90 bits per heavy atom. The molecule has 1 amide bonds. The summed E-state index contributed by atoms with van der Waals surface area (Å²) >= 11 is 0. The summed E-state index contributed by atoms with van der Waals surface area (Å²) in [4.78, 5) is 12.0. The summed E-state index contributed by atoms with van der Waals surface area (Å²) in [5.41, 5.74) is 3.17. The molecule has 2 rings (SSSR count). The SMILES string of the molecule is CCCn1nc(C)c(CNC(=O)[C@H]2COCCO2)c1C. The molecule has 1 fully saturated rings. The molecule has 0 unspecified atom stereocenters. The third-order valence-corrected chi connectivity index (χ3v) is 3.51. The van der Waals surface area contributed by atoms with Crippen molar-refractivity contribution in [2.24, 2.45) is 0 Å². The van der Waals surface area contributed by atoms with Gasteiger partial charge in [-0.3, -0.25) is 9.48 Å². The Morgan fingerprint density at radius 2 is 2.25 bits per heavy atom. The third kappa shape index (κ3) is 3.37. The van der Waals surface area contributed by atoms with E-state index < -0.39 is 6.10 Å². The van der Waals surface area contributed by atoms with Crippen molar-refractivity contribution in [1.82, 2.24) is 15.1 Å². The van der Waals surface area contributed by atoms with E-state index in [2.05, 4.69) is 17.3 Å². The van der Waals surface area contributed by atoms with Crippen molar-refractivity contribution in [3.63, 3.8) is 0 Å². The predicted octanol–water partition coefficient (Wildman–Crippen LogP) is 0.942. The van der Waals surface area contributed by atoms with Gasteiger partial charge < -0.3 is 14.8 Å². The van der Waals surface area contributed by atoms with Crippen LogP contribution in [0, 0.1) is 13.8 Å². The fraction of sp³-hybridized carbons (Fsp3) is 0.714. The number of hydrogen-bond acceptors (Lipinski definition) is 4. The molecule has 1 aromatic heterocycles. The minimum Gasteiger partial charge on any atom is -0.376 e. The van der Waals surface area contributed by atoms with Gasteiger partial charge in [0.05, 0.1) is 25.5 Å². The highest BCUT2D eigenvalue weighted by Crippen LogP contribution is 2.13. The fourth-order valence-corrected chi connectivity index (χ4v) is 2.35. The number of hydrogen-bond donors (Lipinski definition) is 1. The van der Waals surface area contributed by atoms with Gasteiger partial charge in [0.1, 0.15) is 0 Å². The highest BCUT2D eigenvalue weighted by Gasteiger charge is 2.23. The highest BCUT2D eigenvalue weighted by molar-refractivity contribution is 5.81. The van der Waals surface area contributed by atoms with Crippen LogP contribution < -0.4 is 5.32 Å². The second-order valence-corrected chi connectivity index (χ2v) is 5.02. The van der Waals surface area contributed by atoms with E-state index >= 15 is 0 Å². The van der Waals surface area contributed by atoms with Crippen molar-refractivity contribution in [2.75, 3.05) is 19.8 Å². The molecule has 1 atom stereocenters. The van der Waals surface area contributed by atoms with Crippen LogP contribution in [0.2, 0.25) is 0 Å². The summed E-state index contributed by atoms with van der Waals surface area (Å²) in [6.45, 7) is 8.89. The lowest BCUT2D eigenvalue weighted by Crippen LogP contribution is -2.42. The summed E-state index contributed by atoms with van der Waals surface area (Å²) in [5, 5.41) is 7.41. The Bertz CT molecular complexity index is 464. The van der Waals surface area contributed by atoms with Gasteiger partial charge in [-0.15, -0.1) is 0 Å². The molecule has 1 aliphatic rings. The first-order valence-electron chi connectivity index (χ1n) is 7.13. The van der Waals surface area contributed by atoms with Crippen molar-refractivity contribution >= 4 is 5.91 Å². The molecular formula is C14H23N3O3. The largest absolute Gasteiger partial charge is 0.376 e. The standard InChI is InChI=1S/C14H23N3O3/c1-4-5-17-11(3)12(10(2)16-17)8-15-14(18)13-9-19-6-7-20-13/h13H,4-9H2,1-3H3,(H,15,18)/t13-/m1/s1. The van der Waals surface area contributed by atoms with E-state index in [1.165, 1.54) is 0 Å². The zero-order valence-corrected chi connectivity index (χ0v) is 12.4. The molecule has 6 nitrogen and oxygen atoms in total. The van der Waals surface area contributed by atoms with Gasteiger partial charge in [-0.25, -0.2) is 0 Å². The van der Waals surface area contributed by atoms with Crippen LogP contribution in [-0.2, 0) is 27.4 Å². The summed E-state index contributed by atoms with van der Waals surface area (Å²) in [6, 6.07) is 0. The molecule has 6 heteroatoms.